The predicted octanol–water partition coefficient (Wildman–Crippen LogP) is 2.54. The second-order valence-corrected chi connectivity index (χ2v) is 5.59. The van der Waals surface area contributed by atoms with Crippen LogP contribution in [0.5, 0.6) is 11.5 Å². The Morgan fingerprint density at radius 2 is 1.81 bits per heavy atom. The van der Waals surface area contributed by atoms with Crippen molar-refractivity contribution >= 4 is 0 Å². The standard InChI is InChI=1S/C17H28N2O2/c1-3-11-19-12-8-15(9-13-19)18-10-14-21-17-6-4-16(20-2)5-7-17/h4-7,15,18H,3,8-14H2,1-2H3. The molecule has 0 bridgehead atoms. The normalized spacial score (nSPS) is 16.9. The second-order valence-electron chi connectivity index (χ2n) is 5.59. The van der Waals surface area contributed by atoms with E-state index in [-0.39, 0.29) is 0 Å². The molecule has 0 atom stereocenters. The average Bonchev–Trinajstić information content (AvgIpc) is 2.54. The molecule has 1 aliphatic rings. The monoisotopic (exact) mass is 292 g/mol. The molecule has 1 aromatic carbocycles. The van der Waals surface area contributed by atoms with Gasteiger partial charge in [-0.2, -0.15) is 0 Å². The molecular formula is C17H28N2O2. The van der Waals surface area contributed by atoms with E-state index in [1.165, 1.54) is 38.9 Å². The number of rotatable bonds is 8. The van der Waals surface area contributed by atoms with Crippen molar-refractivity contribution in [3.05, 3.63) is 24.3 Å². The minimum atomic E-state index is 0.651. The van der Waals surface area contributed by atoms with Crippen molar-refractivity contribution in [1.29, 1.82) is 0 Å². The molecule has 0 aliphatic carbocycles. The first-order valence-electron chi connectivity index (χ1n) is 8.04. The molecule has 0 unspecified atom stereocenters. The van der Waals surface area contributed by atoms with Crippen LogP contribution in [-0.4, -0.2) is 50.8 Å². The van der Waals surface area contributed by atoms with Crippen molar-refractivity contribution in [3.63, 3.8) is 0 Å². The van der Waals surface area contributed by atoms with Crippen LogP contribution in [0.3, 0.4) is 0 Å². The minimum Gasteiger partial charge on any atom is -0.497 e. The largest absolute Gasteiger partial charge is 0.497 e. The highest BCUT2D eigenvalue weighted by Gasteiger charge is 2.17. The first-order valence-corrected chi connectivity index (χ1v) is 8.04. The molecule has 21 heavy (non-hydrogen) atoms. The van der Waals surface area contributed by atoms with Gasteiger partial charge in [0.2, 0.25) is 0 Å². The Morgan fingerprint density at radius 1 is 1.14 bits per heavy atom. The molecule has 1 aliphatic heterocycles. The molecule has 1 fully saturated rings. The second kappa shape index (κ2) is 8.90. The summed E-state index contributed by atoms with van der Waals surface area (Å²) in [6.45, 7) is 7.57. The zero-order valence-electron chi connectivity index (χ0n) is 13.3. The summed E-state index contributed by atoms with van der Waals surface area (Å²) in [5.41, 5.74) is 0. The third-order valence-corrected chi connectivity index (χ3v) is 3.99. The highest BCUT2D eigenvalue weighted by Crippen LogP contribution is 2.16. The lowest BCUT2D eigenvalue weighted by Gasteiger charge is -2.32. The summed E-state index contributed by atoms with van der Waals surface area (Å²) < 4.78 is 10.9. The molecule has 1 heterocycles. The van der Waals surface area contributed by atoms with Gasteiger partial charge in [0.1, 0.15) is 18.1 Å². The lowest BCUT2D eigenvalue weighted by molar-refractivity contribution is 0.193. The summed E-state index contributed by atoms with van der Waals surface area (Å²) in [7, 11) is 1.67. The Morgan fingerprint density at radius 3 is 2.43 bits per heavy atom. The van der Waals surface area contributed by atoms with E-state index in [1.54, 1.807) is 7.11 Å². The van der Waals surface area contributed by atoms with E-state index in [1.807, 2.05) is 24.3 Å². The number of hydrogen-bond donors (Lipinski definition) is 1. The van der Waals surface area contributed by atoms with E-state index in [0.717, 1.165) is 18.0 Å². The average molecular weight is 292 g/mol. The zero-order valence-corrected chi connectivity index (χ0v) is 13.3. The molecule has 0 saturated carbocycles. The van der Waals surface area contributed by atoms with Crippen LogP contribution in [0.25, 0.3) is 0 Å². The van der Waals surface area contributed by atoms with Gasteiger partial charge in [-0.1, -0.05) is 6.92 Å². The Balaban J connectivity index is 1.57. The van der Waals surface area contributed by atoms with E-state index in [4.69, 9.17) is 9.47 Å². The van der Waals surface area contributed by atoms with Crippen molar-refractivity contribution in [2.24, 2.45) is 0 Å². The summed E-state index contributed by atoms with van der Waals surface area (Å²) in [4.78, 5) is 2.56. The van der Waals surface area contributed by atoms with Gasteiger partial charge >= 0.3 is 0 Å². The minimum absolute atomic E-state index is 0.651. The number of piperidine rings is 1. The molecule has 1 aromatic rings. The van der Waals surface area contributed by atoms with Crippen LogP contribution < -0.4 is 14.8 Å². The topological polar surface area (TPSA) is 33.7 Å². The molecule has 0 aromatic heterocycles. The fourth-order valence-corrected chi connectivity index (χ4v) is 2.78. The van der Waals surface area contributed by atoms with Gasteiger partial charge in [-0.15, -0.1) is 0 Å². The van der Waals surface area contributed by atoms with E-state index in [2.05, 4.69) is 17.1 Å². The number of nitrogens with zero attached hydrogens (tertiary/aromatic N) is 1. The molecule has 4 nitrogen and oxygen atoms in total. The van der Waals surface area contributed by atoms with Crippen molar-refractivity contribution in [2.75, 3.05) is 39.9 Å². The first kappa shape index (κ1) is 16.1. The fourth-order valence-electron chi connectivity index (χ4n) is 2.78. The number of methoxy groups -OCH3 is 1. The Hall–Kier alpha value is -1.26. The van der Waals surface area contributed by atoms with Crippen LogP contribution in [0.2, 0.25) is 0 Å². The molecule has 2 rings (SSSR count). The van der Waals surface area contributed by atoms with Gasteiger partial charge in [-0.05, 0) is 63.2 Å². The quantitative estimate of drug-likeness (QED) is 0.747. The Labute approximate surface area is 128 Å². The van der Waals surface area contributed by atoms with Gasteiger partial charge in [0.05, 0.1) is 7.11 Å². The number of likely N-dealkylation sites (tertiary alicyclic amines) is 1. The third-order valence-electron chi connectivity index (χ3n) is 3.99. The van der Waals surface area contributed by atoms with Gasteiger partial charge in [0.25, 0.3) is 0 Å². The molecule has 0 radical (unpaired) electrons. The van der Waals surface area contributed by atoms with Crippen LogP contribution in [0.1, 0.15) is 26.2 Å². The van der Waals surface area contributed by atoms with Gasteiger partial charge < -0.3 is 19.7 Å². The number of ether oxygens (including phenoxy) is 2. The fraction of sp³-hybridized carbons (Fsp3) is 0.647. The van der Waals surface area contributed by atoms with Crippen molar-refractivity contribution < 1.29 is 9.47 Å². The molecular weight excluding hydrogens is 264 g/mol. The lowest BCUT2D eigenvalue weighted by atomic mass is 10.1. The van der Waals surface area contributed by atoms with Crippen LogP contribution in [-0.2, 0) is 0 Å². The highest BCUT2D eigenvalue weighted by atomic mass is 16.5. The van der Waals surface area contributed by atoms with Crippen LogP contribution in [0.4, 0.5) is 0 Å². The zero-order chi connectivity index (χ0) is 14.9. The first-order chi connectivity index (χ1) is 10.3. The SMILES string of the molecule is CCCN1CCC(NCCOc2ccc(OC)cc2)CC1. The van der Waals surface area contributed by atoms with Gasteiger partial charge in [0.15, 0.2) is 0 Å². The molecule has 0 amide bonds. The summed E-state index contributed by atoms with van der Waals surface area (Å²) in [5, 5.41) is 3.60. The summed E-state index contributed by atoms with van der Waals surface area (Å²) >= 11 is 0. The summed E-state index contributed by atoms with van der Waals surface area (Å²) in [6.07, 6.45) is 3.76. The third kappa shape index (κ3) is 5.56. The van der Waals surface area contributed by atoms with Gasteiger partial charge in [0, 0.05) is 12.6 Å². The van der Waals surface area contributed by atoms with Gasteiger partial charge in [-0.3, -0.25) is 0 Å². The van der Waals surface area contributed by atoms with Crippen LogP contribution >= 0.6 is 0 Å². The maximum atomic E-state index is 5.73. The predicted molar refractivity (Wildman–Crippen MR) is 86.2 cm³/mol. The van der Waals surface area contributed by atoms with Crippen molar-refractivity contribution in [2.45, 2.75) is 32.2 Å². The highest BCUT2D eigenvalue weighted by molar-refractivity contribution is 5.31. The van der Waals surface area contributed by atoms with E-state index in [0.29, 0.717) is 12.6 Å². The van der Waals surface area contributed by atoms with Crippen LogP contribution in [0, 0.1) is 0 Å². The number of nitrogens with one attached hydrogen (secondary N) is 1. The lowest BCUT2D eigenvalue weighted by Crippen LogP contribution is -2.43. The summed E-state index contributed by atoms with van der Waals surface area (Å²) in [6, 6.07) is 8.39. The van der Waals surface area contributed by atoms with E-state index in [9.17, 15) is 0 Å². The van der Waals surface area contributed by atoms with Crippen molar-refractivity contribution in [3.8, 4) is 11.5 Å². The maximum Gasteiger partial charge on any atom is 0.119 e. The molecule has 1 N–H and O–H groups in total. The maximum absolute atomic E-state index is 5.73. The molecule has 1 saturated heterocycles. The van der Waals surface area contributed by atoms with Crippen molar-refractivity contribution in [1.82, 2.24) is 10.2 Å². The molecule has 118 valence electrons. The van der Waals surface area contributed by atoms with Crippen LogP contribution in [0.15, 0.2) is 24.3 Å². The van der Waals surface area contributed by atoms with Gasteiger partial charge in [-0.25, -0.2) is 0 Å². The number of benzene rings is 1. The number of hydrogen-bond acceptors (Lipinski definition) is 4. The molecule has 4 heteroatoms. The van der Waals surface area contributed by atoms with E-state index >= 15 is 0 Å². The smallest absolute Gasteiger partial charge is 0.119 e. The Bertz CT molecular complexity index is 386. The molecule has 0 spiro atoms. The summed E-state index contributed by atoms with van der Waals surface area (Å²) in [5.74, 6) is 1.76. The Kier molecular flexibility index (Phi) is 6.83. The van der Waals surface area contributed by atoms with E-state index < -0.39 is 0 Å².